The number of para-hydroxylation sites is 1. The Kier molecular flexibility index (Phi) is 6.77. The van der Waals surface area contributed by atoms with Crippen LogP contribution in [0.3, 0.4) is 0 Å². The standard InChI is InChI=1S/C25H22Cl2N4O2/c1-15(13-16-7-8-19(26)20(27)14-16)24(32)30-23-25(33)31(2)21-6-4-3-5-18(21)22(29-23)17-9-11-28-12-10-17/h3-12,14-15,23H,13H2,1-2H3,(H,30,32). The lowest BCUT2D eigenvalue weighted by Crippen LogP contribution is -2.47. The van der Waals surface area contributed by atoms with Crippen molar-refractivity contribution >= 4 is 46.4 Å². The van der Waals surface area contributed by atoms with Crippen LogP contribution in [-0.2, 0) is 16.0 Å². The molecule has 0 saturated heterocycles. The molecule has 0 bridgehead atoms. The van der Waals surface area contributed by atoms with Gasteiger partial charge in [-0.15, -0.1) is 0 Å². The number of likely N-dealkylation sites (N-methyl/N-ethyl adjacent to an activating group) is 1. The fourth-order valence-corrected chi connectivity index (χ4v) is 4.07. The van der Waals surface area contributed by atoms with E-state index in [0.717, 1.165) is 22.4 Å². The van der Waals surface area contributed by atoms with Gasteiger partial charge in [-0.05, 0) is 42.3 Å². The Labute approximate surface area is 202 Å². The van der Waals surface area contributed by atoms with Crippen molar-refractivity contribution in [1.82, 2.24) is 10.3 Å². The van der Waals surface area contributed by atoms with Gasteiger partial charge in [0.15, 0.2) is 0 Å². The molecule has 6 nitrogen and oxygen atoms in total. The Hall–Kier alpha value is -3.22. The third-order valence-corrected chi connectivity index (χ3v) is 6.29. The van der Waals surface area contributed by atoms with Gasteiger partial charge >= 0.3 is 0 Å². The predicted octanol–water partition coefficient (Wildman–Crippen LogP) is 4.52. The largest absolute Gasteiger partial charge is 0.326 e. The highest BCUT2D eigenvalue weighted by Gasteiger charge is 2.31. The minimum atomic E-state index is -1.06. The lowest BCUT2D eigenvalue weighted by molar-refractivity contribution is -0.129. The molecular formula is C25H22Cl2N4O2. The van der Waals surface area contributed by atoms with Crippen LogP contribution in [0, 0.1) is 5.92 Å². The van der Waals surface area contributed by atoms with Crippen molar-refractivity contribution in [3.8, 4) is 0 Å². The third-order valence-electron chi connectivity index (χ3n) is 5.55. The van der Waals surface area contributed by atoms with E-state index in [2.05, 4.69) is 10.3 Å². The summed E-state index contributed by atoms with van der Waals surface area (Å²) in [6.07, 6.45) is 2.73. The number of nitrogens with zero attached hydrogens (tertiary/aromatic N) is 3. The van der Waals surface area contributed by atoms with E-state index in [9.17, 15) is 9.59 Å². The molecule has 4 rings (SSSR count). The minimum Gasteiger partial charge on any atom is -0.326 e. The molecule has 0 spiro atoms. The van der Waals surface area contributed by atoms with Crippen LogP contribution in [0.25, 0.3) is 0 Å². The number of anilines is 1. The molecule has 1 aromatic heterocycles. The van der Waals surface area contributed by atoms with Crippen LogP contribution in [0.5, 0.6) is 0 Å². The molecule has 2 amide bonds. The average Bonchev–Trinajstić information content (AvgIpc) is 2.92. The zero-order chi connectivity index (χ0) is 23.5. The number of aliphatic imine (C=N–C) groups is 1. The van der Waals surface area contributed by atoms with Crippen LogP contribution in [0.2, 0.25) is 10.0 Å². The van der Waals surface area contributed by atoms with E-state index in [1.807, 2.05) is 42.5 Å². The summed E-state index contributed by atoms with van der Waals surface area (Å²) in [6, 6.07) is 16.5. The van der Waals surface area contributed by atoms with Crippen molar-refractivity contribution in [3.63, 3.8) is 0 Å². The molecule has 8 heteroatoms. The topological polar surface area (TPSA) is 74.7 Å². The molecule has 1 aliphatic heterocycles. The van der Waals surface area contributed by atoms with E-state index in [1.165, 1.54) is 4.90 Å². The van der Waals surface area contributed by atoms with Crippen molar-refractivity contribution in [2.75, 3.05) is 11.9 Å². The number of carbonyl (C=O) groups is 2. The van der Waals surface area contributed by atoms with E-state index in [4.69, 9.17) is 28.2 Å². The number of nitrogens with one attached hydrogen (secondary N) is 1. The number of amides is 2. The van der Waals surface area contributed by atoms with Crippen molar-refractivity contribution in [3.05, 3.63) is 93.7 Å². The number of halogens is 2. The molecule has 2 aromatic carbocycles. The fraction of sp³-hybridized carbons (Fsp3) is 0.200. The molecule has 1 N–H and O–H groups in total. The van der Waals surface area contributed by atoms with Crippen molar-refractivity contribution < 1.29 is 9.59 Å². The number of rotatable bonds is 5. The first-order valence-electron chi connectivity index (χ1n) is 10.4. The second-order valence-corrected chi connectivity index (χ2v) is 8.71. The summed E-state index contributed by atoms with van der Waals surface area (Å²) in [7, 11) is 1.68. The van der Waals surface area contributed by atoms with Gasteiger partial charge in [-0.3, -0.25) is 14.6 Å². The highest BCUT2D eigenvalue weighted by molar-refractivity contribution is 6.42. The summed E-state index contributed by atoms with van der Waals surface area (Å²) in [5.41, 5.74) is 3.83. The molecule has 1 aliphatic rings. The van der Waals surface area contributed by atoms with Crippen molar-refractivity contribution in [1.29, 1.82) is 0 Å². The molecule has 0 aliphatic carbocycles. The quantitative estimate of drug-likeness (QED) is 0.582. The first-order chi connectivity index (χ1) is 15.8. The van der Waals surface area contributed by atoms with E-state index < -0.39 is 12.1 Å². The van der Waals surface area contributed by atoms with E-state index in [0.29, 0.717) is 22.2 Å². The smallest absolute Gasteiger partial charge is 0.272 e. The van der Waals surface area contributed by atoms with Gasteiger partial charge in [0.25, 0.3) is 5.91 Å². The Morgan fingerprint density at radius 3 is 2.55 bits per heavy atom. The molecule has 0 fully saturated rings. The van der Waals surface area contributed by atoms with Crippen LogP contribution >= 0.6 is 23.2 Å². The Bertz CT molecular complexity index is 1230. The van der Waals surface area contributed by atoms with Crippen LogP contribution in [0.1, 0.15) is 23.6 Å². The first-order valence-corrected chi connectivity index (χ1v) is 11.2. The van der Waals surface area contributed by atoms with Crippen LogP contribution in [-0.4, -0.2) is 35.7 Å². The maximum Gasteiger partial charge on any atom is 0.272 e. The molecule has 0 radical (unpaired) electrons. The average molecular weight is 481 g/mol. The van der Waals surface area contributed by atoms with Gasteiger partial charge in [-0.25, -0.2) is 4.99 Å². The Balaban J connectivity index is 1.63. The lowest BCUT2D eigenvalue weighted by Gasteiger charge is -2.22. The monoisotopic (exact) mass is 480 g/mol. The molecular weight excluding hydrogens is 459 g/mol. The molecule has 2 unspecified atom stereocenters. The summed E-state index contributed by atoms with van der Waals surface area (Å²) in [5.74, 6) is -1.01. The fourth-order valence-electron chi connectivity index (χ4n) is 3.75. The summed E-state index contributed by atoms with van der Waals surface area (Å²) in [4.78, 5) is 36.6. The second-order valence-electron chi connectivity index (χ2n) is 7.89. The molecule has 3 aromatic rings. The van der Waals surface area contributed by atoms with Crippen molar-refractivity contribution in [2.45, 2.75) is 19.5 Å². The molecule has 33 heavy (non-hydrogen) atoms. The maximum atomic E-state index is 13.2. The molecule has 2 heterocycles. The number of benzodiazepines with no additional fused rings is 1. The van der Waals surface area contributed by atoms with Gasteiger partial charge in [0, 0.05) is 36.5 Å². The summed E-state index contributed by atoms with van der Waals surface area (Å²) in [6.45, 7) is 1.80. The van der Waals surface area contributed by atoms with Crippen LogP contribution < -0.4 is 10.2 Å². The number of fused-ring (bicyclic) bond motifs is 1. The Morgan fingerprint density at radius 1 is 1.09 bits per heavy atom. The van der Waals surface area contributed by atoms with Crippen LogP contribution in [0.15, 0.2) is 72.0 Å². The normalized spacial score (nSPS) is 16.5. The SMILES string of the molecule is CC(Cc1ccc(Cl)c(Cl)c1)C(=O)NC1N=C(c2ccncc2)c2ccccc2N(C)C1=O. The molecule has 0 saturated carbocycles. The van der Waals surface area contributed by atoms with E-state index >= 15 is 0 Å². The zero-order valence-corrected chi connectivity index (χ0v) is 19.6. The summed E-state index contributed by atoms with van der Waals surface area (Å²) < 4.78 is 0. The van der Waals surface area contributed by atoms with E-state index in [-0.39, 0.29) is 11.8 Å². The highest BCUT2D eigenvalue weighted by atomic mass is 35.5. The number of carbonyl (C=O) groups excluding carboxylic acids is 2. The second kappa shape index (κ2) is 9.73. The maximum absolute atomic E-state index is 13.2. The van der Waals surface area contributed by atoms with Crippen molar-refractivity contribution in [2.24, 2.45) is 10.9 Å². The number of hydrogen-bond donors (Lipinski definition) is 1. The summed E-state index contributed by atoms with van der Waals surface area (Å²) >= 11 is 12.1. The lowest BCUT2D eigenvalue weighted by atomic mass is 10.0. The van der Waals surface area contributed by atoms with Gasteiger partial charge in [-0.1, -0.05) is 54.4 Å². The molecule has 168 valence electrons. The van der Waals surface area contributed by atoms with Gasteiger partial charge in [0.1, 0.15) is 0 Å². The predicted molar refractivity (Wildman–Crippen MR) is 131 cm³/mol. The van der Waals surface area contributed by atoms with E-state index in [1.54, 1.807) is 38.5 Å². The zero-order valence-electron chi connectivity index (χ0n) is 18.1. The van der Waals surface area contributed by atoms with Gasteiger partial charge in [0.2, 0.25) is 12.1 Å². The number of pyridine rings is 1. The first kappa shape index (κ1) is 23.0. The highest BCUT2D eigenvalue weighted by Crippen LogP contribution is 2.27. The third kappa shape index (κ3) is 4.92. The van der Waals surface area contributed by atoms with Gasteiger partial charge < -0.3 is 10.2 Å². The van der Waals surface area contributed by atoms with Gasteiger partial charge in [-0.2, -0.15) is 0 Å². The number of aromatic nitrogens is 1. The summed E-state index contributed by atoms with van der Waals surface area (Å²) in [5, 5.41) is 3.72. The van der Waals surface area contributed by atoms with Crippen LogP contribution in [0.4, 0.5) is 5.69 Å². The van der Waals surface area contributed by atoms with Gasteiger partial charge in [0.05, 0.1) is 21.4 Å². The number of benzene rings is 2. The minimum absolute atomic E-state index is 0.281. The molecule has 2 atom stereocenters. The Morgan fingerprint density at radius 2 is 1.82 bits per heavy atom. The number of hydrogen-bond acceptors (Lipinski definition) is 4.